The van der Waals surface area contributed by atoms with E-state index in [2.05, 4.69) is 10.9 Å². The summed E-state index contributed by atoms with van der Waals surface area (Å²) in [7, 11) is 0. The first-order valence-corrected chi connectivity index (χ1v) is 8.67. The second-order valence-corrected chi connectivity index (χ2v) is 5.98. The van der Waals surface area contributed by atoms with Gasteiger partial charge in [-0.1, -0.05) is 91.0 Å². The van der Waals surface area contributed by atoms with E-state index in [1.165, 1.54) is 6.08 Å². The van der Waals surface area contributed by atoms with Crippen LogP contribution in [0, 0.1) is 0 Å². The molecule has 0 saturated heterocycles. The van der Waals surface area contributed by atoms with Crippen molar-refractivity contribution < 1.29 is 9.59 Å². The molecule has 134 valence electrons. The van der Waals surface area contributed by atoms with Crippen LogP contribution in [0.25, 0.3) is 6.08 Å². The minimum absolute atomic E-state index is 0.297. The molecule has 0 heterocycles. The van der Waals surface area contributed by atoms with Gasteiger partial charge in [-0.2, -0.15) is 0 Å². The first-order chi connectivity index (χ1) is 13.2. The van der Waals surface area contributed by atoms with Crippen molar-refractivity contribution in [1.29, 1.82) is 0 Å². The van der Waals surface area contributed by atoms with Crippen molar-refractivity contribution >= 4 is 17.9 Å². The maximum absolute atomic E-state index is 12.8. The first-order valence-electron chi connectivity index (χ1n) is 8.67. The summed E-state index contributed by atoms with van der Waals surface area (Å²) in [5.41, 5.74) is 7.59. The average Bonchev–Trinajstić information content (AvgIpc) is 2.73. The molecule has 0 aliphatic carbocycles. The van der Waals surface area contributed by atoms with Crippen LogP contribution in [0.3, 0.4) is 0 Å². The summed E-state index contributed by atoms with van der Waals surface area (Å²) in [6.45, 7) is 0. The summed E-state index contributed by atoms with van der Waals surface area (Å²) in [6, 6.07) is 28.4. The van der Waals surface area contributed by atoms with E-state index >= 15 is 0 Å². The molecule has 2 N–H and O–H groups in total. The van der Waals surface area contributed by atoms with Crippen LogP contribution in [0.4, 0.5) is 0 Å². The SMILES string of the molecule is O=C(/C=C/c1ccccc1)NNC(=O)C(c1ccccc1)c1ccccc1. The normalized spacial score (nSPS) is 10.7. The summed E-state index contributed by atoms with van der Waals surface area (Å²) in [4.78, 5) is 24.8. The second-order valence-electron chi connectivity index (χ2n) is 5.98. The van der Waals surface area contributed by atoms with Gasteiger partial charge >= 0.3 is 0 Å². The molecule has 3 rings (SSSR count). The van der Waals surface area contributed by atoms with Crippen molar-refractivity contribution in [1.82, 2.24) is 10.9 Å². The molecule has 4 nitrogen and oxygen atoms in total. The molecule has 3 aromatic carbocycles. The first kappa shape index (κ1) is 18.1. The van der Waals surface area contributed by atoms with E-state index in [-0.39, 0.29) is 5.91 Å². The molecule has 0 saturated carbocycles. The van der Waals surface area contributed by atoms with Gasteiger partial charge in [-0.25, -0.2) is 0 Å². The van der Waals surface area contributed by atoms with Crippen molar-refractivity contribution in [2.24, 2.45) is 0 Å². The Morgan fingerprint density at radius 2 is 1.15 bits per heavy atom. The number of carbonyl (C=O) groups is 2. The summed E-state index contributed by atoms with van der Waals surface area (Å²) in [6.07, 6.45) is 3.07. The minimum atomic E-state index is -0.509. The van der Waals surface area contributed by atoms with Gasteiger partial charge in [0.1, 0.15) is 0 Å². The van der Waals surface area contributed by atoms with Crippen LogP contribution in [0.1, 0.15) is 22.6 Å². The van der Waals surface area contributed by atoms with Gasteiger partial charge in [-0.3, -0.25) is 20.4 Å². The third kappa shape index (κ3) is 5.16. The number of nitrogens with one attached hydrogen (secondary N) is 2. The molecule has 0 atom stereocenters. The maximum Gasteiger partial charge on any atom is 0.262 e. The highest BCUT2D eigenvalue weighted by atomic mass is 16.2. The van der Waals surface area contributed by atoms with E-state index < -0.39 is 11.8 Å². The highest BCUT2D eigenvalue weighted by molar-refractivity contribution is 5.94. The Morgan fingerprint density at radius 1 is 0.667 bits per heavy atom. The maximum atomic E-state index is 12.8. The Kier molecular flexibility index (Phi) is 6.15. The zero-order valence-electron chi connectivity index (χ0n) is 14.7. The standard InChI is InChI=1S/C23H20N2O2/c26-21(17-16-18-10-4-1-5-11-18)24-25-23(27)22(19-12-6-2-7-13-19)20-14-8-3-9-15-20/h1-17,22H,(H,24,26)(H,25,27)/b17-16+. The molecule has 0 aliphatic rings. The Balaban J connectivity index is 1.68. The van der Waals surface area contributed by atoms with Crippen molar-refractivity contribution in [3.05, 3.63) is 114 Å². The lowest BCUT2D eigenvalue weighted by Gasteiger charge is -2.17. The van der Waals surface area contributed by atoms with Gasteiger partial charge in [0.25, 0.3) is 5.91 Å². The number of benzene rings is 3. The Bertz CT molecular complexity index is 867. The molecule has 3 aromatic rings. The second kappa shape index (κ2) is 9.15. The van der Waals surface area contributed by atoms with E-state index in [4.69, 9.17) is 0 Å². The topological polar surface area (TPSA) is 58.2 Å². The Labute approximate surface area is 158 Å². The van der Waals surface area contributed by atoms with Gasteiger partial charge in [-0.05, 0) is 22.8 Å². The molecule has 27 heavy (non-hydrogen) atoms. The monoisotopic (exact) mass is 356 g/mol. The molecule has 0 bridgehead atoms. The average molecular weight is 356 g/mol. The van der Waals surface area contributed by atoms with Gasteiger partial charge < -0.3 is 0 Å². The Morgan fingerprint density at radius 3 is 1.67 bits per heavy atom. The predicted octanol–water partition coefficient (Wildman–Crippen LogP) is 3.68. The summed E-state index contributed by atoms with van der Waals surface area (Å²) < 4.78 is 0. The third-order valence-corrected chi connectivity index (χ3v) is 4.06. The summed E-state index contributed by atoms with van der Waals surface area (Å²) >= 11 is 0. The van der Waals surface area contributed by atoms with Crippen molar-refractivity contribution in [2.75, 3.05) is 0 Å². The largest absolute Gasteiger partial charge is 0.272 e. The van der Waals surface area contributed by atoms with Crippen LogP contribution in [-0.2, 0) is 9.59 Å². The number of amides is 2. The fourth-order valence-electron chi connectivity index (χ4n) is 2.76. The molecule has 0 fully saturated rings. The molecule has 0 unspecified atom stereocenters. The predicted molar refractivity (Wildman–Crippen MR) is 106 cm³/mol. The molecule has 0 aromatic heterocycles. The van der Waals surface area contributed by atoms with Gasteiger partial charge in [0.05, 0.1) is 5.92 Å². The van der Waals surface area contributed by atoms with Crippen molar-refractivity contribution in [3.8, 4) is 0 Å². The fraction of sp³-hybridized carbons (Fsp3) is 0.0435. The van der Waals surface area contributed by atoms with Gasteiger partial charge in [0, 0.05) is 6.08 Å². The molecule has 2 amide bonds. The zero-order chi connectivity index (χ0) is 18.9. The van der Waals surface area contributed by atoms with Crippen LogP contribution < -0.4 is 10.9 Å². The Hall–Kier alpha value is -3.66. The van der Waals surface area contributed by atoms with Crippen LogP contribution in [0.5, 0.6) is 0 Å². The molecule has 4 heteroatoms. The fourth-order valence-corrected chi connectivity index (χ4v) is 2.76. The van der Waals surface area contributed by atoms with Gasteiger partial charge in [0.2, 0.25) is 5.91 Å². The lowest BCUT2D eigenvalue weighted by molar-refractivity contribution is -0.127. The molecule has 0 radical (unpaired) electrons. The van der Waals surface area contributed by atoms with E-state index in [1.54, 1.807) is 6.08 Å². The molecular weight excluding hydrogens is 336 g/mol. The lowest BCUT2D eigenvalue weighted by Crippen LogP contribution is -2.43. The van der Waals surface area contributed by atoms with Crippen LogP contribution in [0.2, 0.25) is 0 Å². The van der Waals surface area contributed by atoms with Crippen LogP contribution in [0.15, 0.2) is 97.1 Å². The zero-order valence-corrected chi connectivity index (χ0v) is 14.7. The summed E-state index contributed by atoms with van der Waals surface area (Å²) in [5.74, 6) is -1.20. The lowest BCUT2D eigenvalue weighted by atomic mass is 9.91. The highest BCUT2D eigenvalue weighted by Crippen LogP contribution is 2.24. The summed E-state index contributed by atoms with van der Waals surface area (Å²) in [5, 5.41) is 0. The van der Waals surface area contributed by atoms with E-state index in [0.29, 0.717) is 0 Å². The van der Waals surface area contributed by atoms with Gasteiger partial charge in [0.15, 0.2) is 0 Å². The highest BCUT2D eigenvalue weighted by Gasteiger charge is 2.22. The van der Waals surface area contributed by atoms with Gasteiger partial charge in [-0.15, -0.1) is 0 Å². The molecule has 0 aliphatic heterocycles. The molecular formula is C23H20N2O2. The van der Waals surface area contributed by atoms with Crippen LogP contribution >= 0.6 is 0 Å². The minimum Gasteiger partial charge on any atom is -0.272 e. The van der Waals surface area contributed by atoms with E-state index in [1.807, 2.05) is 91.0 Å². The number of rotatable bonds is 5. The van der Waals surface area contributed by atoms with E-state index in [0.717, 1.165) is 16.7 Å². The quantitative estimate of drug-likeness (QED) is 0.541. The number of hydrogen-bond acceptors (Lipinski definition) is 2. The number of hydrazine groups is 1. The van der Waals surface area contributed by atoms with Crippen molar-refractivity contribution in [2.45, 2.75) is 5.92 Å². The van der Waals surface area contributed by atoms with E-state index in [9.17, 15) is 9.59 Å². The molecule has 0 spiro atoms. The van der Waals surface area contributed by atoms with Crippen molar-refractivity contribution in [3.63, 3.8) is 0 Å². The third-order valence-electron chi connectivity index (χ3n) is 4.06. The van der Waals surface area contributed by atoms with Crippen LogP contribution in [-0.4, -0.2) is 11.8 Å². The number of carbonyl (C=O) groups excluding carboxylic acids is 2. The number of hydrogen-bond donors (Lipinski definition) is 2. The smallest absolute Gasteiger partial charge is 0.262 e.